The highest BCUT2D eigenvalue weighted by atomic mass is 16.1. The van der Waals surface area contributed by atoms with Gasteiger partial charge in [0.25, 0.3) is 0 Å². The molecule has 2 aromatic carbocycles. The van der Waals surface area contributed by atoms with Crippen LogP contribution < -0.4 is 0 Å². The number of rotatable bonds is 4. The average Bonchev–Trinajstić information content (AvgIpc) is 2.56. The molecule has 0 bridgehead atoms. The second-order valence-electron chi connectivity index (χ2n) is 6.41. The Labute approximate surface area is 138 Å². The molecule has 1 aliphatic carbocycles. The zero-order valence-electron chi connectivity index (χ0n) is 13.7. The minimum absolute atomic E-state index is 0.298. The van der Waals surface area contributed by atoms with E-state index in [9.17, 15) is 4.79 Å². The lowest BCUT2D eigenvalue weighted by molar-refractivity contribution is -0.118. The van der Waals surface area contributed by atoms with E-state index >= 15 is 0 Å². The van der Waals surface area contributed by atoms with Gasteiger partial charge in [0.1, 0.15) is 5.78 Å². The van der Waals surface area contributed by atoms with E-state index in [1.165, 1.54) is 16.7 Å². The van der Waals surface area contributed by atoms with Crippen molar-refractivity contribution in [2.45, 2.75) is 38.5 Å². The Morgan fingerprint density at radius 1 is 1.00 bits per heavy atom. The second kappa shape index (κ2) is 7.36. The van der Waals surface area contributed by atoms with Gasteiger partial charge in [0.15, 0.2) is 0 Å². The predicted octanol–water partition coefficient (Wildman–Crippen LogP) is 4.52. The fourth-order valence-corrected chi connectivity index (χ4v) is 3.19. The highest BCUT2D eigenvalue weighted by molar-refractivity contribution is 6.05. The first-order valence-electron chi connectivity index (χ1n) is 8.35. The van der Waals surface area contributed by atoms with Gasteiger partial charge in [-0.3, -0.25) is 9.79 Å². The lowest BCUT2D eigenvalue weighted by atomic mass is 9.82. The first kappa shape index (κ1) is 15.7. The van der Waals surface area contributed by atoms with Gasteiger partial charge in [-0.25, -0.2) is 0 Å². The van der Waals surface area contributed by atoms with Crippen molar-refractivity contribution >= 4 is 11.5 Å². The Hall–Kier alpha value is -2.22. The molecular weight excluding hydrogens is 282 g/mol. The van der Waals surface area contributed by atoms with E-state index in [-0.39, 0.29) is 0 Å². The number of hydrogen-bond acceptors (Lipinski definition) is 2. The van der Waals surface area contributed by atoms with Crippen molar-refractivity contribution in [1.29, 1.82) is 0 Å². The van der Waals surface area contributed by atoms with Crippen LogP contribution in [0.5, 0.6) is 0 Å². The van der Waals surface area contributed by atoms with Gasteiger partial charge in [-0.2, -0.15) is 0 Å². The van der Waals surface area contributed by atoms with Crippen molar-refractivity contribution in [3.05, 3.63) is 71.3 Å². The summed E-state index contributed by atoms with van der Waals surface area (Å²) in [5.74, 6) is 0.618. The maximum Gasteiger partial charge on any atom is 0.139 e. The summed E-state index contributed by atoms with van der Waals surface area (Å²) in [6.45, 7) is 2.86. The third kappa shape index (κ3) is 4.38. The van der Waals surface area contributed by atoms with Crippen molar-refractivity contribution in [1.82, 2.24) is 0 Å². The minimum Gasteiger partial charge on any atom is -0.299 e. The molecule has 0 amide bonds. The molecule has 0 radical (unpaired) electrons. The van der Waals surface area contributed by atoms with Crippen LogP contribution >= 0.6 is 0 Å². The van der Waals surface area contributed by atoms with Gasteiger partial charge in [0, 0.05) is 25.1 Å². The van der Waals surface area contributed by atoms with Crippen molar-refractivity contribution in [3.8, 4) is 0 Å². The van der Waals surface area contributed by atoms with Crippen LogP contribution in [-0.4, -0.2) is 18.0 Å². The summed E-state index contributed by atoms with van der Waals surface area (Å²) < 4.78 is 0. The van der Waals surface area contributed by atoms with Crippen LogP contribution in [0.1, 0.15) is 41.9 Å². The number of Topliss-reactive ketones (excluding diaryl/α,β-unsaturated/α-hetero) is 1. The van der Waals surface area contributed by atoms with E-state index in [0.29, 0.717) is 24.5 Å². The second-order valence-corrected chi connectivity index (χ2v) is 6.41. The maximum atomic E-state index is 12.1. The summed E-state index contributed by atoms with van der Waals surface area (Å²) in [5.41, 5.74) is 4.89. The SMILES string of the molecule is Cc1ccc(C2CC(=O)CC(=NCCc3ccccc3)C2)cc1. The summed E-state index contributed by atoms with van der Waals surface area (Å²) in [4.78, 5) is 16.8. The van der Waals surface area contributed by atoms with Crippen LogP contribution in [0.2, 0.25) is 0 Å². The summed E-state index contributed by atoms with van der Waals surface area (Å²) in [7, 11) is 0. The van der Waals surface area contributed by atoms with Crippen molar-refractivity contribution < 1.29 is 4.79 Å². The van der Waals surface area contributed by atoms with Gasteiger partial charge in [-0.05, 0) is 36.8 Å². The van der Waals surface area contributed by atoms with Crippen LogP contribution in [0, 0.1) is 6.92 Å². The first-order valence-corrected chi connectivity index (χ1v) is 8.35. The van der Waals surface area contributed by atoms with E-state index in [2.05, 4.69) is 55.5 Å². The molecule has 1 saturated carbocycles. The molecule has 23 heavy (non-hydrogen) atoms. The van der Waals surface area contributed by atoms with Gasteiger partial charge in [0.2, 0.25) is 0 Å². The molecule has 1 aliphatic rings. The maximum absolute atomic E-state index is 12.1. The smallest absolute Gasteiger partial charge is 0.139 e. The zero-order valence-corrected chi connectivity index (χ0v) is 13.7. The van der Waals surface area contributed by atoms with E-state index < -0.39 is 0 Å². The lowest BCUT2D eigenvalue weighted by Gasteiger charge is -2.23. The van der Waals surface area contributed by atoms with Crippen LogP contribution in [0.15, 0.2) is 59.6 Å². The summed E-state index contributed by atoms with van der Waals surface area (Å²) >= 11 is 0. The normalized spacial score (nSPS) is 20.0. The molecule has 2 heteroatoms. The van der Waals surface area contributed by atoms with Crippen molar-refractivity contribution in [2.24, 2.45) is 4.99 Å². The van der Waals surface area contributed by atoms with Crippen LogP contribution in [0.3, 0.4) is 0 Å². The molecular formula is C21H23NO. The molecule has 118 valence electrons. The standard InChI is InChI=1S/C21H23NO/c1-16-7-9-18(10-8-16)19-13-20(15-21(23)14-19)22-12-11-17-5-3-2-4-6-17/h2-10,19H,11-15H2,1H3. The van der Waals surface area contributed by atoms with Crippen molar-refractivity contribution in [3.63, 3.8) is 0 Å². The van der Waals surface area contributed by atoms with Crippen LogP contribution in [0.25, 0.3) is 0 Å². The number of benzene rings is 2. The lowest BCUT2D eigenvalue weighted by Crippen LogP contribution is -2.22. The molecule has 0 saturated heterocycles. The molecule has 0 spiro atoms. The van der Waals surface area contributed by atoms with E-state index in [0.717, 1.165) is 25.1 Å². The molecule has 0 aromatic heterocycles. The van der Waals surface area contributed by atoms with Crippen LogP contribution in [0.4, 0.5) is 0 Å². The molecule has 1 unspecified atom stereocenters. The Morgan fingerprint density at radius 2 is 1.74 bits per heavy atom. The number of nitrogens with zero attached hydrogens (tertiary/aromatic N) is 1. The Balaban J connectivity index is 1.64. The fourth-order valence-electron chi connectivity index (χ4n) is 3.19. The number of hydrogen-bond donors (Lipinski definition) is 0. The summed E-state index contributed by atoms with van der Waals surface area (Å²) in [5, 5.41) is 0. The minimum atomic E-state index is 0.298. The molecule has 2 nitrogen and oxygen atoms in total. The topological polar surface area (TPSA) is 29.4 Å². The van der Waals surface area contributed by atoms with E-state index in [4.69, 9.17) is 4.99 Å². The molecule has 0 N–H and O–H groups in total. The number of carbonyl (C=O) groups is 1. The Morgan fingerprint density at radius 3 is 2.48 bits per heavy atom. The first-order chi connectivity index (χ1) is 11.2. The molecule has 1 atom stereocenters. The Kier molecular flexibility index (Phi) is 5.02. The van der Waals surface area contributed by atoms with Gasteiger partial charge in [0.05, 0.1) is 0 Å². The molecule has 2 aromatic rings. The number of carbonyl (C=O) groups excluding carboxylic acids is 1. The zero-order chi connectivity index (χ0) is 16.1. The fraction of sp³-hybridized carbons (Fsp3) is 0.333. The average molecular weight is 305 g/mol. The molecule has 1 fully saturated rings. The monoisotopic (exact) mass is 305 g/mol. The van der Waals surface area contributed by atoms with Gasteiger partial charge in [-0.15, -0.1) is 0 Å². The Bertz CT molecular complexity index is 686. The number of aryl methyl sites for hydroxylation is 1. The predicted molar refractivity (Wildman–Crippen MR) is 95.2 cm³/mol. The van der Waals surface area contributed by atoms with Crippen molar-refractivity contribution in [2.75, 3.05) is 6.54 Å². The van der Waals surface area contributed by atoms with Gasteiger partial charge in [-0.1, -0.05) is 60.2 Å². The highest BCUT2D eigenvalue weighted by Crippen LogP contribution is 2.30. The largest absolute Gasteiger partial charge is 0.299 e. The quantitative estimate of drug-likeness (QED) is 0.817. The summed E-state index contributed by atoms with van der Waals surface area (Å²) in [6, 6.07) is 19.0. The van der Waals surface area contributed by atoms with Gasteiger partial charge < -0.3 is 0 Å². The van der Waals surface area contributed by atoms with Crippen LogP contribution in [-0.2, 0) is 11.2 Å². The third-order valence-electron chi connectivity index (χ3n) is 4.48. The number of aliphatic imine (C=N–C) groups is 1. The highest BCUT2D eigenvalue weighted by Gasteiger charge is 2.25. The molecule has 3 rings (SSSR count). The van der Waals surface area contributed by atoms with Gasteiger partial charge >= 0.3 is 0 Å². The number of ketones is 1. The molecule has 0 heterocycles. The van der Waals surface area contributed by atoms with E-state index in [1.54, 1.807) is 0 Å². The van der Waals surface area contributed by atoms with E-state index in [1.807, 2.05) is 6.07 Å². The summed E-state index contributed by atoms with van der Waals surface area (Å²) in [6.07, 6.45) is 3.05. The molecule has 0 aliphatic heterocycles. The third-order valence-corrected chi connectivity index (χ3v) is 4.48.